The topological polar surface area (TPSA) is 72.2 Å². The van der Waals surface area contributed by atoms with E-state index in [4.69, 9.17) is 11.6 Å². The second-order valence-electron chi connectivity index (χ2n) is 5.64. The molecule has 0 atom stereocenters. The van der Waals surface area contributed by atoms with Gasteiger partial charge in [-0.05, 0) is 24.1 Å². The lowest BCUT2D eigenvalue weighted by Crippen LogP contribution is -2.07. The summed E-state index contributed by atoms with van der Waals surface area (Å²) in [5.41, 5.74) is 1.38. The summed E-state index contributed by atoms with van der Waals surface area (Å²) in [5.74, 6) is 0.211. The zero-order chi connectivity index (χ0) is 17.1. The van der Waals surface area contributed by atoms with E-state index < -0.39 is 0 Å². The monoisotopic (exact) mass is 361 g/mol. The molecule has 0 aliphatic rings. The summed E-state index contributed by atoms with van der Waals surface area (Å²) in [6.07, 6.45) is 5.73. The highest BCUT2D eigenvalue weighted by Crippen LogP contribution is 2.20. The van der Waals surface area contributed by atoms with Crippen molar-refractivity contribution in [3.05, 3.63) is 46.3 Å². The first kappa shape index (κ1) is 16.6. The molecule has 3 aromatic heterocycles. The zero-order valence-electron chi connectivity index (χ0n) is 13.2. The number of rotatable bonds is 5. The van der Waals surface area contributed by atoms with Gasteiger partial charge in [-0.3, -0.25) is 14.5 Å². The minimum Gasteiger partial charge on any atom is -0.299 e. The molecule has 8 heteroatoms. The number of nitrogens with zero attached hydrogens (tertiary/aromatic N) is 4. The Bertz CT molecular complexity index is 899. The summed E-state index contributed by atoms with van der Waals surface area (Å²) >= 11 is 7.51. The molecule has 0 unspecified atom stereocenters. The van der Waals surface area contributed by atoms with Crippen molar-refractivity contribution in [3.63, 3.8) is 0 Å². The van der Waals surface area contributed by atoms with Gasteiger partial charge in [0.15, 0.2) is 5.15 Å². The van der Waals surface area contributed by atoms with Crippen molar-refractivity contribution >= 4 is 45.7 Å². The fourth-order valence-electron chi connectivity index (χ4n) is 2.17. The van der Waals surface area contributed by atoms with Crippen LogP contribution in [0.5, 0.6) is 0 Å². The molecule has 0 radical (unpaired) electrons. The van der Waals surface area contributed by atoms with Crippen LogP contribution in [0, 0.1) is 5.92 Å². The van der Waals surface area contributed by atoms with E-state index >= 15 is 0 Å². The van der Waals surface area contributed by atoms with Gasteiger partial charge in [-0.15, -0.1) is 10.2 Å². The van der Waals surface area contributed by atoms with Crippen LogP contribution in [0.4, 0.5) is 5.13 Å². The molecule has 3 heterocycles. The van der Waals surface area contributed by atoms with Crippen molar-refractivity contribution in [2.75, 3.05) is 5.32 Å². The molecule has 124 valence electrons. The fourth-order valence-corrected chi connectivity index (χ4v) is 3.37. The van der Waals surface area contributed by atoms with Crippen LogP contribution in [0.25, 0.3) is 11.7 Å². The van der Waals surface area contributed by atoms with Crippen LogP contribution in [-0.2, 0) is 11.2 Å². The molecule has 0 aromatic carbocycles. The molecule has 0 aliphatic heterocycles. The number of carbonyl (C=O) groups excluding carboxylic acids is 1. The molecule has 0 aliphatic carbocycles. The summed E-state index contributed by atoms with van der Waals surface area (Å²) in [4.78, 5) is 16.3. The number of halogens is 1. The Morgan fingerprint density at radius 2 is 2.25 bits per heavy atom. The van der Waals surface area contributed by atoms with Gasteiger partial charge in [0, 0.05) is 18.7 Å². The average Bonchev–Trinajstić information content (AvgIpc) is 3.08. The van der Waals surface area contributed by atoms with E-state index in [0.717, 1.165) is 17.1 Å². The first-order valence-corrected chi connectivity index (χ1v) is 8.66. The van der Waals surface area contributed by atoms with Gasteiger partial charge in [0.25, 0.3) is 0 Å². The van der Waals surface area contributed by atoms with Crippen LogP contribution in [0.3, 0.4) is 0 Å². The Balaban J connectivity index is 1.71. The van der Waals surface area contributed by atoms with Gasteiger partial charge in [0.2, 0.25) is 11.0 Å². The van der Waals surface area contributed by atoms with Gasteiger partial charge in [-0.2, -0.15) is 0 Å². The third-order valence-corrected chi connectivity index (χ3v) is 4.33. The largest absolute Gasteiger partial charge is 0.299 e. The number of hydrogen-bond acceptors (Lipinski definition) is 5. The van der Waals surface area contributed by atoms with Gasteiger partial charge < -0.3 is 0 Å². The van der Waals surface area contributed by atoms with Gasteiger partial charge >= 0.3 is 0 Å². The minimum atomic E-state index is -0.288. The van der Waals surface area contributed by atoms with Crippen LogP contribution >= 0.6 is 22.9 Å². The predicted molar refractivity (Wildman–Crippen MR) is 96.3 cm³/mol. The molecule has 6 nitrogen and oxygen atoms in total. The molecule has 3 rings (SSSR count). The lowest BCUT2D eigenvalue weighted by atomic mass is 10.1. The molecule has 3 aromatic rings. The minimum absolute atomic E-state index is 0.288. The molecular weight excluding hydrogens is 346 g/mol. The lowest BCUT2D eigenvalue weighted by molar-refractivity contribution is -0.111. The van der Waals surface area contributed by atoms with Crippen molar-refractivity contribution in [1.29, 1.82) is 0 Å². The van der Waals surface area contributed by atoms with Crippen molar-refractivity contribution in [2.45, 2.75) is 20.3 Å². The highest BCUT2D eigenvalue weighted by molar-refractivity contribution is 7.15. The molecular formula is C16H16ClN5OS. The van der Waals surface area contributed by atoms with E-state index in [0.29, 0.717) is 21.9 Å². The number of amides is 1. The van der Waals surface area contributed by atoms with E-state index in [1.54, 1.807) is 6.08 Å². The molecule has 0 bridgehead atoms. The number of fused-ring (bicyclic) bond motifs is 1. The zero-order valence-corrected chi connectivity index (χ0v) is 14.8. The quantitative estimate of drug-likeness (QED) is 0.703. The Kier molecular flexibility index (Phi) is 4.92. The summed E-state index contributed by atoms with van der Waals surface area (Å²) in [6.45, 7) is 4.23. The second kappa shape index (κ2) is 7.11. The first-order valence-electron chi connectivity index (χ1n) is 7.47. The van der Waals surface area contributed by atoms with Gasteiger partial charge in [0.1, 0.15) is 10.7 Å². The number of nitrogens with one attached hydrogen (secondary N) is 1. The van der Waals surface area contributed by atoms with Gasteiger partial charge in [-0.1, -0.05) is 42.9 Å². The summed E-state index contributed by atoms with van der Waals surface area (Å²) in [5, 5.41) is 12.5. The summed E-state index contributed by atoms with van der Waals surface area (Å²) in [7, 11) is 0. The van der Waals surface area contributed by atoms with E-state index in [1.807, 2.05) is 28.8 Å². The molecule has 24 heavy (non-hydrogen) atoms. The Morgan fingerprint density at radius 3 is 3.04 bits per heavy atom. The number of pyridine rings is 1. The van der Waals surface area contributed by atoms with Crippen LogP contribution in [0.15, 0.2) is 30.5 Å². The maximum absolute atomic E-state index is 12.1. The summed E-state index contributed by atoms with van der Waals surface area (Å²) < 4.78 is 1.82. The first-order chi connectivity index (χ1) is 11.5. The average molecular weight is 362 g/mol. The fraction of sp³-hybridized carbons (Fsp3) is 0.250. The number of carbonyl (C=O) groups is 1. The standard InChI is InChI=1S/C16H16ClN5OS/c1-10(2)9-14-20-21-16(24-14)19-13(23)7-6-11-15(17)18-12-5-3-4-8-22(11)12/h3-8,10H,9H2,1-2H3,(H,19,21,23)/b7-6+. The van der Waals surface area contributed by atoms with Gasteiger partial charge in [-0.25, -0.2) is 4.98 Å². The number of hydrogen-bond donors (Lipinski definition) is 1. The lowest BCUT2D eigenvalue weighted by Gasteiger charge is -1.98. The second-order valence-corrected chi connectivity index (χ2v) is 7.06. The Hall–Kier alpha value is -2.25. The molecule has 0 saturated heterocycles. The molecule has 1 amide bonds. The van der Waals surface area contributed by atoms with Crippen molar-refractivity contribution < 1.29 is 4.79 Å². The van der Waals surface area contributed by atoms with Crippen LogP contribution in [0.2, 0.25) is 5.15 Å². The number of anilines is 1. The normalized spacial score (nSPS) is 11.7. The maximum atomic E-state index is 12.1. The van der Waals surface area contributed by atoms with Gasteiger partial charge in [0.05, 0.1) is 5.69 Å². The molecule has 0 spiro atoms. The SMILES string of the molecule is CC(C)Cc1nnc(NC(=O)/C=C/c2c(Cl)nc3ccccn23)s1. The predicted octanol–water partition coefficient (Wildman–Crippen LogP) is 3.69. The highest BCUT2D eigenvalue weighted by Gasteiger charge is 2.09. The van der Waals surface area contributed by atoms with E-state index in [9.17, 15) is 4.79 Å². The molecule has 0 fully saturated rings. The maximum Gasteiger partial charge on any atom is 0.250 e. The third-order valence-electron chi connectivity index (χ3n) is 3.19. The van der Waals surface area contributed by atoms with Crippen molar-refractivity contribution in [3.8, 4) is 0 Å². The summed E-state index contributed by atoms with van der Waals surface area (Å²) in [6, 6.07) is 5.60. The van der Waals surface area contributed by atoms with Crippen LogP contribution in [0.1, 0.15) is 24.5 Å². The Morgan fingerprint density at radius 1 is 1.42 bits per heavy atom. The van der Waals surface area contributed by atoms with Crippen molar-refractivity contribution in [2.24, 2.45) is 5.92 Å². The van der Waals surface area contributed by atoms with Crippen LogP contribution < -0.4 is 5.32 Å². The number of imidazole rings is 1. The Labute approximate surface area is 148 Å². The van der Waals surface area contributed by atoms with Crippen molar-refractivity contribution in [1.82, 2.24) is 19.6 Å². The third kappa shape index (κ3) is 3.80. The smallest absolute Gasteiger partial charge is 0.250 e. The highest BCUT2D eigenvalue weighted by atomic mass is 35.5. The number of aromatic nitrogens is 4. The van der Waals surface area contributed by atoms with E-state index in [1.165, 1.54) is 17.4 Å². The van der Waals surface area contributed by atoms with E-state index in [2.05, 4.69) is 34.3 Å². The molecule has 0 saturated carbocycles. The van der Waals surface area contributed by atoms with Crippen LogP contribution in [-0.4, -0.2) is 25.5 Å². The van der Waals surface area contributed by atoms with E-state index in [-0.39, 0.29) is 5.91 Å². The molecule has 1 N–H and O–H groups in total.